The third-order valence-corrected chi connectivity index (χ3v) is 3.58. The molecule has 2 rings (SSSR count). The molecule has 0 aliphatic carbocycles. The van der Waals surface area contributed by atoms with Crippen molar-refractivity contribution >= 4 is 5.69 Å². The Labute approximate surface area is 144 Å². The summed E-state index contributed by atoms with van der Waals surface area (Å²) in [7, 11) is 1.65. The molecule has 1 N–H and O–H groups in total. The molecule has 0 saturated heterocycles. The van der Waals surface area contributed by atoms with E-state index in [1.165, 1.54) is 0 Å². The van der Waals surface area contributed by atoms with Crippen molar-refractivity contribution in [1.82, 2.24) is 0 Å². The molecule has 4 nitrogen and oxygen atoms in total. The van der Waals surface area contributed by atoms with E-state index in [2.05, 4.69) is 19.2 Å². The zero-order valence-electron chi connectivity index (χ0n) is 14.7. The number of rotatable bonds is 10. The smallest absolute Gasteiger partial charge is 0.119 e. The highest BCUT2D eigenvalue weighted by Crippen LogP contribution is 2.18. The number of hydrogen-bond donors (Lipinski definition) is 1. The Morgan fingerprint density at radius 1 is 0.792 bits per heavy atom. The van der Waals surface area contributed by atoms with E-state index in [0.717, 1.165) is 42.5 Å². The highest BCUT2D eigenvalue weighted by atomic mass is 16.5. The van der Waals surface area contributed by atoms with Gasteiger partial charge in [0.2, 0.25) is 0 Å². The van der Waals surface area contributed by atoms with E-state index in [9.17, 15) is 0 Å². The van der Waals surface area contributed by atoms with Crippen molar-refractivity contribution in [3.05, 3.63) is 48.5 Å². The fraction of sp³-hybridized carbons (Fsp3) is 0.400. The molecular weight excluding hydrogens is 302 g/mol. The largest absolute Gasteiger partial charge is 0.497 e. The molecule has 0 amide bonds. The molecule has 0 aliphatic rings. The minimum Gasteiger partial charge on any atom is -0.497 e. The van der Waals surface area contributed by atoms with Crippen molar-refractivity contribution in [3.8, 4) is 17.2 Å². The fourth-order valence-corrected chi connectivity index (χ4v) is 2.12. The maximum absolute atomic E-state index is 5.71. The van der Waals surface area contributed by atoms with Gasteiger partial charge in [-0.25, -0.2) is 0 Å². The number of benzene rings is 2. The van der Waals surface area contributed by atoms with Crippen molar-refractivity contribution in [2.45, 2.75) is 20.3 Å². The first kappa shape index (κ1) is 18.0. The second-order valence-electron chi connectivity index (χ2n) is 6.01. The number of ether oxygens (including phenoxy) is 3. The van der Waals surface area contributed by atoms with Gasteiger partial charge in [0.05, 0.1) is 13.7 Å². The molecule has 130 valence electrons. The summed E-state index contributed by atoms with van der Waals surface area (Å²) in [6, 6.07) is 15.6. The molecule has 2 aromatic rings. The predicted octanol–water partition coefficient (Wildman–Crippen LogP) is 4.61. The fourth-order valence-electron chi connectivity index (χ4n) is 2.12. The maximum atomic E-state index is 5.71. The van der Waals surface area contributed by atoms with Gasteiger partial charge < -0.3 is 19.5 Å². The first-order chi connectivity index (χ1) is 11.7. The Hall–Kier alpha value is -2.36. The van der Waals surface area contributed by atoms with Crippen LogP contribution in [-0.4, -0.2) is 26.9 Å². The van der Waals surface area contributed by atoms with Gasteiger partial charge >= 0.3 is 0 Å². The second-order valence-corrected chi connectivity index (χ2v) is 6.01. The van der Waals surface area contributed by atoms with Gasteiger partial charge in [0.25, 0.3) is 0 Å². The predicted molar refractivity (Wildman–Crippen MR) is 98.4 cm³/mol. The molecule has 0 aliphatic heterocycles. The Morgan fingerprint density at radius 2 is 1.33 bits per heavy atom. The summed E-state index contributed by atoms with van der Waals surface area (Å²) in [6.07, 6.45) is 1.07. The van der Waals surface area contributed by atoms with Gasteiger partial charge in [-0.1, -0.05) is 13.8 Å². The van der Waals surface area contributed by atoms with Crippen LogP contribution in [0.4, 0.5) is 5.69 Å². The van der Waals surface area contributed by atoms with E-state index < -0.39 is 0 Å². The molecule has 0 radical (unpaired) electrons. The highest BCUT2D eigenvalue weighted by Gasteiger charge is 1.98. The van der Waals surface area contributed by atoms with Crippen LogP contribution in [0.3, 0.4) is 0 Å². The van der Waals surface area contributed by atoms with E-state index in [4.69, 9.17) is 14.2 Å². The standard InChI is InChI=1S/C20H27NO3/c1-16(2)12-14-23-19-6-4-17(5-7-19)21-13-15-24-20-10-8-18(22-3)9-11-20/h4-11,16,21H,12-15H2,1-3H3. The van der Waals surface area contributed by atoms with Crippen molar-refractivity contribution < 1.29 is 14.2 Å². The minimum absolute atomic E-state index is 0.596. The Balaban J connectivity index is 1.66. The number of hydrogen-bond acceptors (Lipinski definition) is 4. The van der Waals surface area contributed by atoms with Crippen LogP contribution in [0.5, 0.6) is 17.2 Å². The Morgan fingerprint density at radius 3 is 1.92 bits per heavy atom. The summed E-state index contributed by atoms with van der Waals surface area (Å²) < 4.78 is 16.5. The lowest BCUT2D eigenvalue weighted by atomic mass is 10.1. The highest BCUT2D eigenvalue weighted by molar-refractivity contribution is 5.46. The number of nitrogens with one attached hydrogen (secondary N) is 1. The average molecular weight is 329 g/mol. The van der Waals surface area contributed by atoms with Crippen LogP contribution in [0, 0.1) is 5.92 Å². The zero-order chi connectivity index (χ0) is 17.2. The van der Waals surface area contributed by atoms with Gasteiger partial charge in [-0.2, -0.15) is 0 Å². The van der Waals surface area contributed by atoms with E-state index in [1.54, 1.807) is 7.11 Å². The zero-order valence-corrected chi connectivity index (χ0v) is 14.7. The number of methoxy groups -OCH3 is 1. The van der Waals surface area contributed by atoms with Crippen LogP contribution in [0.15, 0.2) is 48.5 Å². The molecule has 0 bridgehead atoms. The third-order valence-electron chi connectivity index (χ3n) is 3.58. The second kappa shape index (κ2) is 9.71. The van der Waals surface area contributed by atoms with Crippen LogP contribution in [0.25, 0.3) is 0 Å². The first-order valence-electron chi connectivity index (χ1n) is 8.41. The summed E-state index contributed by atoms with van der Waals surface area (Å²) in [5.41, 5.74) is 1.06. The number of anilines is 1. The summed E-state index contributed by atoms with van der Waals surface area (Å²) in [5, 5.41) is 3.33. The summed E-state index contributed by atoms with van der Waals surface area (Å²) in [5.74, 6) is 3.25. The third kappa shape index (κ3) is 6.41. The molecule has 0 atom stereocenters. The van der Waals surface area contributed by atoms with Crippen LogP contribution in [0.2, 0.25) is 0 Å². The monoisotopic (exact) mass is 329 g/mol. The van der Waals surface area contributed by atoms with Crippen LogP contribution in [0.1, 0.15) is 20.3 Å². The van der Waals surface area contributed by atoms with E-state index in [0.29, 0.717) is 12.5 Å². The summed E-state index contributed by atoms with van der Waals surface area (Å²) >= 11 is 0. The Bertz CT molecular complexity index is 579. The molecule has 4 heteroatoms. The van der Waals surface area contributed by atoms with Crippen LogP contribution in [-0.2, 0) is 0 Å². The molecule has 2 aromatic carbocycles. The maximum Gasteiger partial charge on any atom is 0.119 e. The molecule has 0 unspecified atom stereocenters. The van der Waals surface area contributed by atoms with Crippen molar-refractivity contribution in [2.75, 3.05) is 32.2 Å². The molecule has 0 heterocycles. The van der Waals surface area contributed by atoms with Crippen LogP contribution < -0.4 is 19.5 Å². The van der Waals surface area contributed by atoms with E-state index in [-0.39, 0.29) is 0 Å². The topological polar surface area (TPSA) is 39.7 Å². The van der Waals surface area contributed by atoms with Crippen molar-refractivity contribution in [2.24, 2.45) is 5.92 Å². The van der Waals surface area contributed by atoms with Gasteiger partial charge in [0.15, 0.2) is 0 Å². The van der Waals surface area contributed by atoms with Gasteiger partial charge in [-0.15, -0.1) is 0 Å². The lowest BCUT2D eigenvalue weighted by Gasteiger charge is -2.11. The van der Waals surface area contributed by atoms with Gasteiger partial charge in [-0.05, 0) is 60.9 Å². The quantitative estimate of drug-likeness (QED) is 0.646. The van der Waals surface area contributed by atoms with Gasteiger partial charge in [-0.3, -0.25) is 0 Å². The van der Waals surface area contributed by atoms with Crippen LogP contribution >= 0.6 is 0 Å². The van der Waals surface area contributed by atoms with E-state index in [1.807, 2.05) is 48.5 Å². The Kier molecular flexibility index (Phi) is 7.27. The molecule has 0 aromatic heterocycles. The molecular formula is C20H27NO3. The van der Waals surface area contributed by atoms with Gasteiger partial charge in [0.1, 0.15) is 23.9 Å². The molecule has 0 spiro atoms. The summed E-state index contributed by atoms with van der Waals surface area (Å²) in [4.78, 5) is 0. The van der Waals surface area contributed by atoms with E-state index >= 15 is 0 Å². The molecule has 0 fully saturated rings. The van der Waals surface area contributed by atoms with Crippen molar-refractivity contribution in [3.63, 3.8) is 0 Å². The average Bonchev–Trinajstić information content (AvgIpc) is 2.60. The van der Waals surface area contributed by atoms with Gasteiger partial charge in [0, 0.05) is 12.2 Å². The molecule has 0 saturated carbocycles. The lowest BCUT2D eigenvalue weighted by Crippen LogP contribution is -2.11. The minimum atomic E-state index is 0.596. The first-order valence-corrected chi connectivity index (χ1v) is 8.41. The van der Waals surface area contributed by atoms with Crippen molar-refractivity contribution in [1.29, 1.82) is 0 Å². The SMILES string of the molecule is COc1ccc(OCCNc2ccc(OCCC(C)C)cc2)cc1. The normalized spacial score (nSPS) is 10.5. The summed E-state index contributed by atoms with van der Waals surface area (Å²) in [6.45, 7) is 6.49. The lowest BCUT2D eigenvalue weighted by molar-refractivity contribution is 0.289. The molecule has 24 heavy (non-hydrogen) atoms.